The molecule has 0 aliphatic carbocycles. The van der Waals surface area contributed by atoms with Crippen LogP contribution in [0.2, 0.25) is 0 Å². The highest BCUT2D eigenvalue weighted by Gasteiger charge is 2.03. The summed E-state index contributed by atoms with van der Waals surface area (Å²) < 4.78 is 0. The molecule has 0 rings (SSSR count). The lowest BCUT2D eigenvalue weighted by Gasteiger charge is -2.02. The zero-order valence-corrected chi connectivity index (χ0v) is 9.02. The van der Waals surface area contributed by atoms with Gasteiger partial charge in [-0.3, -0.25) is 14.5 Å². The standard InChI is InChI=1S/C9H15NO6/c1-7(11)16-15-5-3-2-4-8(12)10-6-9(13)14/h2-6H2,1H3,(H,10,12)(H,13,14). The van der Waals surface area contributed by atoms with Crippen molar-refractivity contribution in [2.24, 2.45) is 0 Å². The predicted octanol–water partition coefficient (Wildman–Crippen LogP) is -0.148. The summed E-state index contributed by atoms with van der Waals surface area (Å²) in [6.45, 7) is 1.06. The maximum atomic E-state index is 11.0. The van der Waals surface area contributed by atoms with E-state index in [1.165, 1.54) is 6.92 Å². The second kappa shape index (κ2) is 8.66. The lowest BCUT2D eigenvalue weighted by Crippen LogP contribution is -2.28. The molecule has 7 nitrogen and oxygen atoms in total. The third-order valence-corrected chi connectivity index (χ3v) is 1.49. The topological polar surface area (TPSA) is 102 Å². The number of amides is 1. The van der Waals surface area contributed by atoms with E-state index in [1.807, 2.05) is 0 Å². The number of carboxylic acids is 1. The number of carbonyl (C=O) groups is 3. The van der Waals surface area contributed by atoms with Crippen LogP contribution in [0.5, 0.6) is 0 Å². The summed E-state index contributed by atoms with van der Waals surface area (Å²) >= 11 is 0. The van der Waals surface area contributed by atoms with E-state index in [9.17, 15) is 14.4 Å². The van der Waals surface area contributed by atoms with E-state index in [-0.39, 0.29) is 25.5 Å². The Kier molecular flexibility index (Phi) is 7.78. The van der Waals surface area contributed by atoms with E-state index in [0.717, 1.165) is 0 Å². The molecule has 16 heavy (non-hydrogen) atoms. The highest BCUT2D eigenvalue weighted by Crippen LogP contribution is 1.96. The Morgan fingerprint density at radius 2 is 1.94 bits per heavy atom. The highest BCUT2D eigenvalue weighted by atomic mass is 17.2. The SMILES string of the molecule is CC(=O)OOCCCCC(=O)NCC(=O)O. The molecular weight excluding hydrogens is 218 g/mol. The van der Waals surface area contributed by atoms with Crippen LogP contribution in [0.3, 0.4) is 0 Å². The van der Waals surface area contributed by atoms with Gasteiger partial charge in [-0.05, 0) is 12.8 Å². The molecule has 0 fully saturated rings. The van der Waals surface area contributed by atoms with E-state index in [0.29, 0.717) is 12.8 Å². The molecule has 92 valence electrons. The van der Waals surface area contributed by atoms with Crippen LogP contribution >= 0.6 is 0 Å². The Bertz CT molecular complexity index is 252. The second-order valence-electron chi connectivity index (χ2n) is 3.02. The van der Waals surface area contributed by atoms with Gasteiger partial charge in [-0.1, -0.05) is 0 Å². The summed E-state index contributed by atoms with van der Waals surface area (Å²) in [4.78, 5) is 40.1. The number of carbonyl (C=O) groups excluding carboxylic acids is 2. The molecule has 0 aliphatic rings. The first-order valence-corrected chi connectivity index (χ1v) is 4.81. The van der Waals surface area contributed by atoms with Gasteiger partial charge in [0.05, 0.1) is 6.61 Å². The Labute approximate surface area is 92.6 Å². The summed E-state index contributed by atoms with van der Waals surface area (Å²) in [5.41, 5.74) is 0. The van der Waals surface area contributed by atoms with Crippen molar-refractivity contribution in [3.8, 4) is 0 Å². The first-order chi connectivity index (χ1) is 7.52. The van der Waals surface area contributed by atoms with Gasteiger partial charge in [0.25, 0.3) is 0 Å². The monoisotopic (exact) mass is 233 g/mol. The fourth-order valence-electron chi connectivity index (χ4n) is 0.834. The third-order valence-electron chi connectivity index (χ3n) is 1.49. The Balaban J connectivity index is 3.27. The molecule has 2 N–H and O–H groups in total. The fourth-order valence-corrected chi connectivity index (χ4v) is 0.834. The minimum atomic E-state index is -1.08. The van der Waals surface area contributed by atoms with Crippen LogP contribution in [-0.4, -0.2) is 36.1 Å². The molecule has 0 saturated heterocycles. The number of carboxylic acid groups (broad SMARTS) is 1. The average Bonchev–Trinajstić information content (AvgIpc) is 2.19. The van der Waals surface area contributed by atoms with Crippen LogP contribution in [-0.2, 0) is 24.2 Å². The van der Waals surface area contributed by atoms with Crippen LogP contribution in [0.1, 0.15) is 26.2 Å². The molecule has 1 amide bonds. The van der Waals surface area contributed by atoms with Crippen molar-refractivity contribution in [2.75, 3.05) is 13.2 Å². The normalized spacial score (nSPS) is 9.56. The van der Waals surface area contributed by atoms with Crippen LogP contribution < -0.4 is 5.32 Å². The zero-order chi connectivity index (χ0) is 12.4. The van der Waals surface area contributed by atoms with E-state index < -0.39 is 11.9 Å². The summed E-state index contributed by atoms with van der Waals surface area (Å²) in [7, 11) is 0. The van der Waals surface area contributed by atoms with Gasteiger partial charge in [-0.15, -0.1) is 0 Å². The van der Waals surface area contributed by atoms with Crippen molar-refractivity contribution in [3.63, 3.8) is 0 Å². The predicted molar refractivity (Wildman–Crippen MR) is 52.2 cm³/mol. The van der Waals surface area contributed by atoms with Gasteiger partial charge in [0, 0.05) is 13.3 Å². The summed E-state index contributed by atoms with van der Waals surface area (Å²) in [6, 6.07) is 0. The van der Waals surface area contributed by atoms with Gasteiger partial charge in [-0.25, -0.2) is 4.79 Å². The van der Waals surface area contributed by atoms with Crippen LogP contribution in [0.25, 0.3) is 0 Å². The number of nitrogens with one attached hydrogen (secondary N) is 1. The molecule has 0 bridgehead atoms. The molecule has 0 heterocycles. The van der Waals surface area contributed by atoms with E-state index >= 15 is 0 Å². The Morgan fingerprint density at radius 3 is 2.50 bits per heavy atom. The van der Waals surface area contributed by atoms with Crippen LogP contribution in [0, 0.1) is 0 Å². The van der Waals surface area contributed by atoms with E-state index in [2.05, 4.69) is 15.1 Å². The molecule has 0 radical (unpaired) electrons. The summed E-state index contributed by atoms with van der Waals surface area (Å²) in [5.74, 6) is -1.93. The quantitative estimate of drug-likeness (QED) is 0.343. The largest absolute Gasteiger partial charge is 0.480 e. The van der Waals surface area contributed by atoms with Crippen molar-refractivity contribution < 1.29 is 29.3 Å². The number of rotatable bonds is 8. The fraction of sp³-hybridized carbons (Fsp3) is 0.667. The highest BCUT2D eigenvalue weighted by molar-refractivity contribution is 5.80. The van der Waals surface area contributed by atoms with Gasteiger partial charge in [0.15, 0.2) is 0 Å². The lowest BCUT2D eigenvalue weighted by molar-refractivity contribution is -0.270. The zero-order valence-electron chi connectivity index (χ0n) is 9.02. The summed E-state index contributed by atoms with van der Waals surface area (Å²) in [5, 5.41) is 10.5. The first-order valence-electron chi connectivity index (χ1n) is 4.81. The molecular formula is C9H15NO6. The summed E-state index contributed by atoms with van der Waals surface area (Å²) in [6.07, 6.45) is 1.30. The van der Waals surface area contributed by atoms with Crippen LogP contribution in [0.15, 0.2) is 0 Å². The molecule has 0 spiro atoms. The van der Waals surface area contributed by atoms with Crippen molar-refractivity contribution in [3.05, 3.63) is 0 Å². The number of hydrogen-bond acceptors (Lipinski definition) is 5. The number of aliphatic carboxylic acids is 1. The molecule has 0 unspecified atom stereocenters. The maximum Gasteiger partial charge on any atom is 0.339 e. The molecule has 0 saturated carbocycles. The van der Waals surface area contributed by atoms with Crippen molar-refractivity contribution in [2.45, 2.75) is 26.2 Å². The second-order valence-corrected chi connectivity index (χ2v) is 3.02. The number of unbranched alkanes of at least 4 members (excludes halogenated alkanes) is 1. The molecule has 7 heteroatoms. The van der Waals surface area contributed by atoms with Gasteiger partial charge in [0.1, 0.15) is 6.54 Å². The first kappa shape index (κ1) is 14.4. The van der Waals surface area contributed by atoms with Gasteiger partial charge in [0.2, 0.25) is 5.91 Å². The average molecular weight is 233 g/mol. The number of hydrogen-bond donors (Lipinski definition) is 2. The Morgan fingerprint density at radius 1 is 1.25 bits per heavy atom. The minimum Gasteiger partial charge on any atom is -0.480 e. The van der Waals surface area contributed by atoms with Gasteiger partial charge < -0.3 is 10.4 Å². The minimum absolute atomic E-state index is 0.214. The Hall–Kier alpha value is -1.63. The lowest BCUT2D eigenvalue weighted by atomic mass is 10.2. The van der Waals surface area contributed by atoms with Crippen molar-refractivity contribution in [1.82, 2.24) is 5.32 Å². The van der Waals surface area contributed by atoms with E-state index in [4.69, 9.17) is 5.11 Å². The van der Waals surface area contributed by atoms with Crippen molar-refractivity contribution in [1.29, 1.82) is 0 Å². The van der Waals surface area contributed by atoms with Crippen molar-refractivity contribution >= 4 is 17.8 Å². The molecule has 0 aromatic rings. The molecule has 0 aromatic heterocycles. The molecule has 0 aliphatic heterocycles. The van der Waals surface area contributed by atoms with Crippen LogP contribution in [0.4, 0.5) is 0 Å². The van der Waals surface area contributed by atoms with Gasteiger partial charge >= 0.3 is 11.9 Å². The third kappa shape index (κ3) is 10.5. The van der Waals surface area contributed by atoms with E-state index in [1.54, 1.807) is 0 Å². The maximum absolute atomic E-state index is 11.0. The molecule has 0 atom stereocenters. The smallest absolute Gasteiger partial charge is 0.339 e. The van der Waals surface area contributed by atoms with Gasteiger partial charge in [-0.2, -0.15) is 4.89 Å². The molecule has 0 aromatic carbocycles.